The molecule has 0 aliphatic carbocycles. The summed E-state index contributed by atoms with van der Waals surface area (Å²) in [4.78, 5) is 32.3. The van der Waals surface area contributed by atoms with Gasteiger partial charge in [0.2, 0.25) is 5.13 Å². The fourth-order valence-electron chi connectivity index (χ4n) is 3.77. The number of piperazine rings is 1. The molecule has 9 nitrogen and oxygen atoms in total. The predicted octanol–water partition coefficient (Wildman–Crippen LogP) is 3.26. The Balaban J connectivity index is 1.43. The van der Waals surface area contributed by atoms with E-state index in [1.54, 1.807) is 42.5 Å². The van der Waals surface area contributed by atoms with E-state index in [0.717, 1.165) is 5.13 Å². The Morgan fingerprint density at radius 1 is 1.28 bits per heavy atom. The average Bonchev–Trinajstić information content (AvgIpc) is 3.27. The molecule has 10 heteroatoms. The van der Waals surface area contributed by atoms with E-state index < -0.39 is 4.92 Å². The lowest BCUT2D eigenvalue weighted by atomic mass is 10.1. The first-order chi connectivity index (χ1) is 15.5. The molecule has 0 N–H and O–H groups in total. The largest absolute Gasteiger partial charge is 0.343 e. The topological polar surface area (TPSA) is 116 Å². The van der Waals surface area contributed by atoms with Crippen molar-refractivity contribution in [2.75, 3.05) is 24.5 Å². The van der Waals surface area contributed by atoms with Crippen LogP contribution in [0.25, 0.3) is 0 Å². The Hall–Kier alpha value is -3.84. The summed E-state index contributed by atoms with van der Waals surface area (Å²) in [5, 5.41) is 21.1. The summed E-state index contributed by atoms with van der Waals surface area (Å²) in [5.41, 5.74) is 1.60. The van der Waals surface area contributed by atoms with Crippen LogP contribution in [0.15, 0.2) is 48.5 Å². The predicted molar refractivity (Wildman–Crippen MR) is 120 cm³/mol. The number of hydrogen-bond acceptors (Lipinski definition) is 8. The number of carbonyl (C=O) groups excluding carboxylic acids is 1. The van der Waals surface area contributed by atoms with E-state index in [9.17, 15) is 14.9 Å². The molecule has 1 fully saturated rings. The summed E-state index contributed by atoms with van der Waals surface area (Å²) in [7, 11) is 0. The van der Waals surface area contributed by atoms with Gasteiger partial charge in [0.1, 0.15) is 5.82 Å². The van der Waals surface area contributed by atoms with Crippen molar-refractivity contribution in [2.24, 2.45) is 0 Å². The molecule has 2 heterocycles. The maximum Gasteiger partial charge on any atom is 0.273 e. The van der Waals surface area contributed by atoms with E-state index >= 15 is 0 Å². The van der Waals surface area contributed by atoms with Crippen LogP contribution in [0.5, 0.6) is 0 Å². The summed E-state index contributed by atoms with van der Waals surface area (Å²) in [6.07, 6.45) is 0.289. The zero-order valence-corrected chi connectivity index (χ0v) is 18.2. The molecule has 0 spiro atoms. The Kier molecular flexibility index (Phi) is 6.09. The van der Waals surface area contributed by atoms with Gasteiger partial charge in [-0.25, -0.2) is 4.98 Å². The molecule has 1 atom stereocenters. The highest BCUT2D eigenvalue weighted by Crippen LogP contribution is 2.25. The Bertz CT molecular complexity index is 1200. The molecule has 1 aromatic heterocycles. The smallest absolute Gasteiger partial charge is 0.273 e. The fourth-order valence-corrected chi connectivity index (χ4v) is 4.49. The molecule has 162 valence electrons. The molecule has 32 heavy (non-hydrogen) atoms. The van der Waals surface area contributed by atoms with Crippen LogP contribution in [-0.2, 0) is 6.42 Å². The Morgan fingerprint density at radius 3 is 2.84 bits per heavy atom. The van der Waals surface area contributed by atoms with E-state index in [1.807, 2.05) is 11.8 Å². The minimum absolute atomic E-state index is 0.0513. The number of amides is 1. The third kappa shape index (κ3) is 4.43. The highest BCUT2D eigenvalue weighted by molar-refractivity contribution is 7.09. The molecule has 1 amide bonds. The highest BCUT2D eigenvalue weighted by atomic mass is 32.1. The van der Waals surface area contributed by atoms with Gasteiger partial charge in [-0.2, -0.15) is 9.64 Å². The molecule has 4 rings (SSSR count). The number of para-hydroxylation sites is 1. The summed E-state index contributed by atoms with van der Waals surface area (Å²) >= 11 is 1.26. The van der Waals surface area contributed by atoms with Gasteiger partial charge in [0.25, 0.3) is 11.6 Å². The van der Waals surface area contributed by atoms with Crippen molar-refractivity contribution >= 4 is 28.3 Å². The molecule has 1 aliphatic rings. The van der Waals surface area contributed by atoms with Crippen LogP contribution >= 0.6 is 11.5 Å². The van der Waals surface area contributed by atoms with Gasteiger partial charge < -0.3 is 9.80 Å². The third-order valence-electron chi connectivity index (χ3n) is 5.39. The number of anilines is 1. The van der Waals surface area contributed by atoms with E-state index in [2.05, 4.69) is 20.3 Å². The maximum absolute atomic E-state index is 12.9. The van der Waals surface area contributed by atoms with Crippen molar-refractivity contribution in [1.29, 1.82) is 5.26 Å². The van der Waals surface area contributed by atoms with Crippen LogP contribution in [-0.4, -0.2) is 50.8 Å². The van der Waals surface area contributed by atoms with Crippen LogP contribution in [0.3, 0.4) is 0 Å². The third-order valence-corrected chi connectivity index (χ3v) is 6.21. The summed E-state index contributed by atoms with van der Waals surface area (Å²) < 4.78 is 4.39. The molecule has 1 aliphatic heterocycles. The lowest BCUT2D eigenvalue weighted by molar-refractivity contribution is -0.385. The van der Waals surface area contributed by atoms with Crippen molar-refractivity contribution in [3.8, 4) is 6.07 Å². The molecule has 2 aromatic carbocycles. The second kappa shape index (κ2) is 9.11. The van der Waals surface area contributed by atoms with Gasteiger partial charge in [-0.3, -0.25) is 14.9 Å². The van der Waals surface area contributed by atoms with E-state index in [0.29, 0.717) is 42.1 Å². The normalized spacial score (nSPS) is 15.9. The van der Waals surface area contributed by atoms with Crippen molar-refractivity contribution in [3.05, 3.63) is 81.2 Å². The second-order valence-corrected chi connectivity index (χ2v) is 8.27. The van der Waals surface area contributed by atoms with Crippen LogP contribution in [0.1, 0.15) is 34.2 Å². The highest BCUT2D eigenvalue weighted by Gasteiger charge is 2.30. The van der Waals surface area contributed by atoms with Crippen molar-refractivity contribution in [1.82, 2.24) is 14.3 Å². The second-order valence-electron chi connectivity index (χ2n) is 7.54. The molecular formula is C22H20N6O3S. The number of nitriles is 1. The minimum atomic E-state index is -0.396. The van der Waals surface area contributed by atoms with E-state index in [4.69, 9.17) is 5.26 Å². The SMILES string of the molecule is CC1CN(c2nc(Cc3ccccc3[N+](=O)[O-])ns2)CCN1C(=O)c1cccc(C#N)c1. The first-order valence-electron chi connectivity index (χ1n) is 10.1. The number of benzene rings is 2. The minimum Gasteiger partial charge on any atom is -0.343 e. The van der Waals surface area contributed by atoms with Gasteiger partial charge in [0.15, 0.2) is 0 Å². The molecule has 3 aromatic rings. The zero-order chi connectivity index (χ0) is 22.7. The molecular weight excluding hydrogens is 428 g/mol. The van der Waals surface area contributed by atoms with Gasteiger partial charge >= 0.3 is 0 Å². The Labute approximate surface area is 188 Å². The lowest BCUT2D eigenvalue weighted by Crippen LogP contribution is -2.54. The van der Waals surface area contributed by atoms with Crippen molar-refractivity contribution in [2.45, 2.75) is 19.4 Å². The van der Waals surface area contributed by atoms with Crippen LogP contribution < -0.4 is 4.90 Å². The zero-order valence-electron chi connectivity index (χ0n) is 17.3. The van der Waals surface area contributed by atoms with Gasteiger partial charge in [0.05, 0.1) is 16.6 Å². The van der Waals surface area contributed by atoms with Gasteiger partial charge in [0, 0.05) is 60.8 Å². The monoisotopic (exact) mass is 448 g/mol. The summed E-state index contributed by atoms with van der Waals surface area (Å²) in [5.74, 6) is 0.447. The van der Waals surface area contributed by atoms with E-state index in [1.165, 1.54) is 17.6 Å². The first-order valence-corrected chi connectivity index (χ1v) is 10.8. The molecule has 0 saturated carbocycles. The standard InChI is InChI=1S/C22H20N6O3S/c1-15-14-26(9-10-27(15)21(29)18-7-4-5-16(11-18)13-23)22-24-20(25-32-22)12-17-6-2-3-8-19(17)28(30)31/h2-8,11,15H,9-10,12,14H2,1H3. The number of nitro benzene ring substituents is 1. The maximum atomic E-state index is 12.9. The number of aromatic nitrogens is 2. The van der Waals surface area contributed by atoms with Crippen LogP contribution in [0.2, 0.25) is 0 Å². The molecule has 1 saturated heterocycles. The van der Waals surface area contributed by atoms with Gasteiger partial charge in [-0.05, 0) is 25.1 Å². The molecule has 1 unspecified atom stereocenters. The fraction of sp³-hybridized carbons (Fsp3) is 0.273. The Morgan fingerprint density at radius 2 is 2.09 bits per heavy atom. The first kappa shape index (κ1) is 21.4. The molecule has 0 radical (unpaired) electrons. The van der Waals surface area contributed by atoms with Gasteiger partial charge in [-0.1, -0.05) is 24.3 Å². The van der Waals surface area contributed by atoms with Crippen LogP contribution in [0, 0.1) is 21.4 Å². The van der Waals surface area contributed by atoms with Crippen LogP contribution in [0.4, 0.5) is 10.8 Å². The summed E-state index contributed by atoms with van der Waals surface area (Å²) in [6.45, 7) is 3.71. The number of carbonyl (C=O) groups is 1. The summed E-state index contributed by atoms with van der Waals surface area (Å²) in [6, 6.07) is 15.3. The number of nitrogens with zero attached hydrogens (tertiary/aromatic N) is 6. The average molecular weight is 449 g/mol. The number of nitro groups is 1. The quantitative estimate of drug-likeness (QED) is 0.434. The van der Waals surface area contributed by atoms with Gasteiger partial charge in [-0.15, -0.1) is 0 Å². The van der Waals surface area contributed by atoms with E-state index in [-0.39, 0.29) is 24.1 Å². The van der Waals surface area contributed by atoms with Crippen molar-refractivity contribution < 1.29 is 9.72 Å². The lowest BCUT2D eigenvalue weighted by Gasteiger charge is -2.39. The number of hydrogen-bond donors (Lipinski definition) is 0. The number of rotatable bonds is 5. The molecule has 0 bridgehead atoms. The van der Waals surface area contributed by atoms with Crippen molar-refractivity contribution in [3.63, 3.8) is 0 Å².